The Balaban J connectivity index is 1.79. The highest BCUT2D eigenvalue weighted by molar-refractivity contribution is 6.03. The molecule has 0 spiro atoms. The summed E-state index contributed by atoms with van der Waals surface area (Å²) >= 11 is 0. The number of benzene rings is 2. The molecule has 0 aliphatic rings. The number of rotatable bonds is 9. The van der Waals surface area contributed by atoms with Crippen molar-refractivity contribution in [3.63, 3.8) is 0 Å². The van der Waals surface area contributed by atoms with Crippen molar-refractivity contribution in [1.82, 2.24) is 10.2 Å². The van der Waals surface area contributed by atoms with Gasteiger partial charge in [-0.05, 0) is 53.8 Å². The van der Waals surface area contributed by atoms with Gasteiger partial charge < -0.3 is 32.6 Å². The van der Waals surface area contributed by atoms with Gasteiger partial charge in [0.15, 0.2) is 5.82 Å². The van der Waals surface area contributed by atoms with Crippen molar-refractivity contribution in [1.29, 1.82) is 5.41 Å². The van der Waals surface area contributed by atoms with Gasteiger partial charge in [0.1, 0.15) is 17.1 Å². The molecule has 9 heteroatoms. The minimum Gasteiger partial charge on any atom is -0.507 e. The summed E-state index contributed by atoms with van der Waals surface area (Å²) in [6.45, 7) is 4.24. The quantitative estimate of drug-likeness (QED) is 0.255. The number of nitrogens with zero attached hydrogens (tertiary/aromatic N) is 1. The first-order valence-corrected chi connectivity index (χ1v) is 10.1. The van der Waals surface area contributed by atoms with Gasteiger partial charge >= 0.3 is 0 Å². The lowest BCUT2D eigenvalue weighted by molar-refractivity contribution is 0.100. The summed E-state index contributed by atoms with van der Waals surface area (Å²) in [4.78, 5) is 12.1. The lowest BCUT2D eigenvalue weighted by Gasteiger charge is -2.11. The Bertz CT molecular complexity index is 1160. The van der Waals surface area contributed by atoms with Gasteiger partial charge in [-0.1, -0.05) is 31.2 Å². The standard InChI is InChI=1S/C23H27N7O2/c1-3-15-11-14(10-13(2)20(15)31)12-27-22-19(21(26)32)23(30-29-22)28-17-6-4-16(5-7-17)18(25)8-9-24/h4-11,24,31H,3,12,25H2,1-2H3,(H2,26,32)(H3,27,28,29,30). The zero-order valence-electron chi connectivity index (χ0n) is 18.0. The molecule has 0 bridgehead atoms. The molecule has 0 aliphatic carbocycles. The van der Waals surface area contributed by atoms with Crippen LogP contribution in [0.15, 0.2) is 42.5 Å². The number of aromatic hydroxyl groups is 1. The molecule has 166 valence electrons. The van der Waals surface area contributed by atoms with Crippen LogP contribution in [-0.4, -0.2) is 27.4 Å². The third-order valence-corrected chi connectivity index (χ3v) is 5.04. The number of aromatic nitrogens is 2. The molecule has 0 radical (unpaired) electrons. The fourth-order valence-corrected chi connectivity index (χ4v) is 3.37. The Hall–Kier alpha value is -4.27. The number of allylic oxidation sites excluding steroid dienone is 1. The van der Waals surface area contributed by atoms with Gasteiger partial charge in [-0.15, -0.1) is 0 Å². The van der Waals surface area contributed by atoms with Crippen molar-refractivity contribution >= 4 is 35.1 Å². The molecule has 1 aromatic heterocycles. The third-order valence-electron chi connectivity index (χ3n) is 5.04. The van der Waals surface area contributed by atoms with Crippen LogP contribution in [0.2, 0.25) is 0 Å². The van der Waals surface area contributed by atoms with Crippen LogP contribution in [0.3, 0.4) is 0 Å². The van der Waals surface area contributed by atoms with E-state index in [2.05, 4.69) is 20.8 Å². The van der Waals surface area contributed by atoms with Crippen LogP contribution in [0.1, 0.15) is 39.5 Å². The SMILES string of the molecule is CCc1cc(CNc2n[nH]c(Nc3ccc(C(N)=CC=N)cc3)c2C(N)=O)cc(C)c1O. The van der Waals surface area contributed by atoms with Crippen LogP contribution in [0, 0.1) is 12.3 Å². The molecule has 0 unspecified atom stereocenters. The Morgan fingerprint density at radius 2 is 1.97 bits per heavy atom. The molecule has 3 rings (SSSR count). The van der Waals surface area contributed by atoms with E-state index in [9.17, 15) is 9.90 Å². The lowest BCUT2D eigenvalue weighted by Crippen LogP contribution is -2.15. The van der Waals surface area contributed by atoms with E-state index < -0.39 is 5.91 Å². The predicted octanol–water partition coefficient (Wildman–Crippen LogP) is 3.39. The van der Waals surface area contributed by atoms with E-state index in [1.807, 2.05) is 26.0 Å². The number of aromatic amines is 1. The number of aryl methyl sites for hydroxylation is 2. The van der Waals surface area contributed by atoms with Gasteiger partial charge in [-0.2, -0.15) is 5.10 Å². The van der Waals surface area contributed by atoms with E-state index >= 15 is 0 Å². The maximum absolute atomic E-state index is 12.1. The monoisotopic (exact) mass is 433 g/mol. The maximum atomic E-state index is 12.1. The lowest BCUT2D eigenvalue weighted by atomic mass is 10.0. The highest BCUT2D eigenvalue weighted by Crippen LogP contribution is 2.27. The van der Waals surface area contributed by atoms with Gasteiger partial charge in [0.05, 0.1) is 0 Å². The number of phenols is 1. The molecule has 1 amide bonds. The summed E-state index contributed by atoms with van der Waals surface area (Å²) in [6, 6.07) is 11.0. The van der Waals surface area contributed by atoms with E-state index in [1.54, 1.807) is 24.3 Å². The average molecular weight is 434 g/mol. The van der Waals surface area contributed by atoms with Crippen molar-refractivity contribution in [2.24, 2.45) is 11.5 Å². The summed E-state index contributed by atoms with van der Waals surface area (Å²) in [5.74, 6) is 0.376. The van der Waals surface area contributed by atoms with Crippen molar-refractivity contribution in [2.45, 2.75) is 26.8 Å². The number of hydrogen-bond acceptors (Lipinski definition) is 7. The molecule has 2 aromatic carbocycles. The first kappa shape index (κ1) is 22.4. The number of nitrogens with two attached hydrogens (primary N) is 2. The minimum absolute atomic E-state index is 0.212. The first-order chi connectivity index (χ1) is 15.3. The zero-order valence-corrected chi connectivity index (χ0v) is 18.0. The summed E-state index contributed by atoms with van der Waals surface area (Å²) < 4.78 is 0. The number of amides is 1. The topological polar surface area (TPSA) is 166 Å². The second-order valence-corrected chi connectivity index (χ2v) is 7.31. The second-order valence-electron chi connectivity index (χ2n) is 7.31. The Morgan fingerprint density at radius 3 is 2.59 bits per heavy atom. The number of carbonyl (C=O) groups is 1. The molecule has 0 saturated heterocycles. The zero-order chi connectivity index (χ0) is 23.3. The van der Waals surface area contributed by atoms with Crippen molar-refractivity contribution in [2.75, 3.05) is 10.6 Å². The molecule has 0 aliphatic heterocycles. The number of carbonyl (C=O) groups excluding carboxylic acids is 1. The number of primary amides is 1. The minimum atomic E-state index is -0.630. The molecule has 32 heavy (non-hydrogen) atoms. The normalized spacial score (nSPS) is 11.2. The van der Waals surface area contributed by atoms with E-state index in [1.165, 1.54) is 6.08 Å². The summed E-state index contributed by atoms with van der Waals surface area (Å²) in [5, 5.41) is 30.5. The van der Waals surface area contributed by atoms with E-state index in [0.717, 1.165) is 28.5 Å². The molecular formula is C23H27N7O2. The average Bonchev–Trinajstić information content (AvgIpc) is 3.17. The number of anilines is 3. The summed E-state index contributed by atoms with van der Waals surface area (Å²) in [5.41, 5.74) is 16.3. The molecule has 1 heterocycles. The van der Waals surface area contributed by atoms with Crippen LogP contribution < -0.4 is 22.1 Å². The van der Waals surface area contributed by atoms with Crippen molar-refractivity contribution in [3.05, 3.63) is 70.3 Å². The molecule has 9 N–H and O–H groups in total. The van der Waals surface area contributed by atoms with Crippen LogP contribution in [0.5, 0.6) is 5.75 Å². The first-order valence-electron chi connectivity index (χ1n) is 10.1. The second kappa shape index (κ2) is 9.69. The van der Waals surface area contributed by atoms with Crippen LogP contribution >= 0.6 is 0 Å². The highest BCUT2D eigenvalue weighted by Gasteiger charge is 2.19. The van der Waals surface area contributed by atoms with E-state index in [-0.39, 0.29) is 5.56 Å². The van der Waals surface area contributed by atoms with E-state index in [0.29, 0.717) is 41.7 Å². The molecule has 3 aromatic rings. The van der Waals surface area contributed by atoms with Crippen LogP contribution in [0.4, 0.5) is 17.3 Å². The fraction of sp³-hybridized carbons (Fsp3) is 0.174. The third kappa shape index (κ3) is 4.89. The van der Waals surface area contributed by atoms with Crippen LogP contribution in [-0.2, 0) is 13.0 Å². The Morgan fingerprint density at radius 1 is 1.25 bits per heavy atom. The highest BCUT2D eigenvalue weighted by atomic mass is 16.3. The smallest absolute Gasteiger partial charge is 0.256 e. The molecule has 9 nitrogen and oxygen atoms in total. The van der Waals surface area contributed by atoms with Gasteiger partial charge in [0.25, 0.3) is 5.91 Å². The number of nitrogens with one attached hydrogen (secondary N) is 4. The summed E-state index contributed by atoms with van der Waals surface area (Å²) in [6.07, 6.45) is 3.34. The number of H-pyrrole nitrogens is 1. The predicted molar refractivity (Wildman–Crippen MR) is 127 cm³/mol. The Kier molecular flexibility index (Phi) is 6.79. The molecule has 0 atom stereocenters. The van der Waals surface area contributed by atoms with Gasteiger partial charge in [-0.3, -0.25) is 9.89 Å². The number of phenolic OH excluding ortho intramolecular Hbond substituents is 1. The van der Waals surface area contributed by atoms with Gasteiger partial charge in [0, 0.05) is 24.1 Å². The molecule has 0 fully saturated rings. The van der Waals surface area contributed by atoms with E-state index in [4.69, 9.17) is 16.9 Å². The number of hydrogen-bond donors (Lipinski definition) is 7. The fourth-order valence-electron chi connectivity index (χ4n) is 3.37. The molecular weight excluding hydrogens is 406 g/mol. The van der Waals surface area contributed by atoms with Gasteiger partial charge in [0.2, 0.25) is 0 Å². The van der Waals surface area contributed by atoms with Crippen molar-refractivity contribution < 1.29 is 9.90 Å². The van der Waals surface area contributed by atoms with Gasteiger partial charge in [-0.25, -0.2) is 0 Å². The Labute approximate surface area is 186 Å². The maximum Gasteiger partial charge on any atom is 0.256 e. The van der Waals surface area contributed by atoms with Crippen molar-refractivity contribution in [3.8, 4) is 5.75 Å². The summed E-state index contributed by atoms with van der Waals surface area (Å²) in [7, 11) is 0. The van der Waals surface area contributed by atoms with Crippen LogP contribution in [0.25, 0.3) is 5.70 Å². The molecule has 0 saturated carbocycles. The largest absolute Gasteiger partial charge is 0.507 e.